The number of rotatable bonds is 19. The first-order valence-electron chi connectivity index (χ1n) is 17.2. The monoisotopic (exact) mass is 673 g/mol. The molecular formula is C39H51N3O7. The molecule has 0 aliphatic rings. The zero-order valence-electron chi connectivity index (χ0n) is 29.2. The standard InChI is InChI=1S/C39H51N3O7/c1-6-8-22-40-35(44)24-34(43)33(23-26(3)4)41-38(46)36(27(5)7-2)42-37(45)29-14-18-31(19-15-29)49-32-20-16-30(17-21-32)39(47)48-25-28-12-10-9-11-13-28/h9-21,26-27,33-34,36,43H,6-8,22-25H2,1-5H3,(H,40,44)(H,41,46)(H,42,45)/t27?,33-,34-,36-/m0/s1. The molecule has 3 rings (SSSR count). The Kier molecular flexibility index (Phi) is 15.8. The number of hydrogen-bond donors (Lipinski definition) is 4. The Morgan fingerprint density at radius 2 is 1.41 bits per heavy atom. The third-order valence-electron chi connectivity index (χ3n) is 8.20. The lowest BCUT2D eigenvalue weighted by molar-refractivity contribution is -0.128. The zero-order chi connectivity index (χ0) is 35.8. The predicted molar refractivity (Wildman–Crippen MR) is 189 cm³/mol. The van der Waals surface area contributed by atoms with Crippen LogP contribution in [0, 0.1) is 11.8 Å². The molecule has 4 N–H and O–H groups in total. The van der Waals surface area contributed by atoms with Crippen LogP contribution in [0.4, 0.5) is 0 Å². The van der Waals surface area contributed by atoms with Crippen molar-refractivity contribution in [3.8, 4) is 11.5 Å². The molecule has 1 unspecified atom stereocenters. The summed E-state index contributed by atoms with van der Waals surface area (Å²) in [6.07, 6.45) is 1.70. The van der Waals surface area contributed by atoms with Gasteiger partial charge in [-0.2, -0.15) is 0 Å². The largest absolute Gasteiger partial charge is 0.457 e. The van der Waals surface area contributed by atoms with Gasteiger partial charge in [0, 0.05) is 12.1 Å². The minimum atomic E-state index is -1.07. The fraction of sp³-hybridized carbons (Fsp3) is 0.436. The highest BCUT2D eigenvalue weighted by atomic mass is 16.5. The van der Waals surface area contributed by atoms with Crippen molar-refractivity contribution in [1.82, 2.24) is 16.0 Å². The zero-order valence-corrected chi connectivity index (χ0v) is 29.2. The molecule has 0 saturated heterocycles. The van der Waals surface area contributed by atoms with Crippen LogP contribution in [0.1, 0.15) is 93.0 Å². The van der Waals surface area contributed by atoms with E-state index in [1.807, 2.05) is 65.0 Å². The highest BCUT2D eigenvalue weighted by molar-refractivity contribution is 5.97. The van der Waals surface area contributed by atoms with Crippen LogP contribution in [0.3, 0.4) is 0 Å². The number of ether oxygens (including phenoxy) is 2. The first-order valence-corrected chi connectivity index (χ1v) is 17.2. The van der Waals surface area contributed by atoms with Gasteiger partial charge in [-0.05, 0) is 78.8 Å². The predicted octanol–water partition coefficient (Wildman–Crippen LogP) is 6.18. The van der Waals surface area contributed by atoms with Gasteiger partial charge >= 0.3 is 5.97 Å². The molecule has 0 aliphatic heterocycles. The van der Waals surface area contributed by atoms with E-state index in [-0.39, 0.29) is 30.8 Å². The summed E-state index contributed by atoms with van der Waals surface area (Å²) >= 11 is 0. The average molecular weight is 674 g/mol. The molecule has 0 aliphatic carbocycles. The van der Waals surface area contributed by atoms with Crippen LogP contribution >= 0.6 is 0 Å². The summed E-state index contributed by atoms with van der Waals surface area (Å²) < 4.78 is 11.3. The summed E-state index contributed by atoms with van der Waals surface area (Å²) in [5, 5.41) is 19.5. The van der Waals surface area contributed by atoms with Crippen LogP contribution in [-0.2, 0) is 20.9 Å². The van der Waals surface area contributed by atoms with Crippen molar-refractivity contribution in [3.05, 3.63) is 95.6 Å². The maximum absolute atomic E-state index is 13.5. The Morgan fingerprint density at radius 1 is 0.796 bits per heavy atom. The van der Waals surface area contributed by atoms with E-state index >= 15 is 0 Å². The normalized spacial score (nSPS) is 13.4. The van der Waals surface area contributed by atoms with Crippen molar-refractivity contribution in [2.45, 2.75) is 91.5 Å². The SMILES string of the molecule is CCCCNC(=O)C[C@H](O)[C@H](CC(C)C)NC(=O)[C@@H](NC(=O)c1ccc(Oc2ccc(C(=O)OCc3ccccc3)cc2)cc1)C(C)CC. The van der Waals surface area contributed by atoms with Crippen LogP contribution < -0.4 is 20.7 Å². The maximum Gasteiger partial charge on any atom is 0.338 e. The second-order valence-corrected chi connectivity index (χ2v) is 12.8. The van der Waals surface area contributed by atoms with E-state index in [2.05, 4.69) is 16.0 Å². The molecule has 0 bridgehead atoms. The quantitative estimate of drug-likeness (QED) is 0.0880. The van der Waals surface area contributed by atoms with Gasteiger partial charge in [0.1, 0.15) is 24.1 Å². The Morgan fingerprint density at radius 3 is 1.98 bits per heavy atom. The van der Waals surface area contributed by atoms with Gasteiger partial charge in [-0.25, -0.2) is 4.79 Å². The van der Waals surface area contributed by atoms with Crippen LogP contribution in [0.5, 0.6) is 11.5 Å². The lowest BCUT2D eigenvalue weighted by Crippen LogP contribution is -2.55. The number of carbonyl (C=O) groups excluding carboxylic acids is 4. The number of nitrogens with one attached hydrogen (secondary N) is 3. The highest BCUT2D eigenvalue weighted by Crippen LogP contribution is 2.23. The topological polar surface area (TPSA) is 143 Å². The Hall–Kier alpha value is -4.70. The first-order chi connectivity index (χ1) is 23.5. The van der Waals surface area contributed by atoms with E-state index in [9.17, 15) is 24.3 Å². The molecule has 0 aromatic heterocycles. The third-order valence-corrected chi connectivity index (χ3v) is 8.20. The molecule has 3 aromatic rings. The minimum absolute atomic E-state index is 0.123. The maximum atomic E-state index is 13.5. The smallest absolute Gasteiger partial charge is 0.338 e. The Balaban J connectivity index is 1.59. The van der Waals surface area contributed by atoms with E-state index in [0.29, 0.717) is 42.0 Å². The van der Waals surface area contributed by atoms with Gasteiger partial charge in [0.05, 0.1) is 24.1 Å². The summed E-state index contributed by atoms with van der Waals surface area (Å²) in [6.45, 7) is 10.5. The Labute approximate surface area is 290 Å². The first kappa shape index (κ1) is 38.7. The van der Waals surface area contributed by atoms with Gasteiger partial charge in [-0.1, -0.05) is 77.8 Å². The summed E-state index contributed by atoms with van der Waals surface area (Å²) in [5.41, 5.74) is 1.64. The number of hydrogen-bond acceptors (Lipinski definition) is 7. The molecule has 49 heavy (non-hydrogen) atoms. The van der Waals surface area contributed by atoms with Crippen molar-refractivity contribution < 1.29 is 33.8 Å². The van der Waals surface area contributed by atoms with E-state index < -0.39 is 36.0 Å². The number of esters is 1. The minimum Gasteiger partial charge on any atom is -0.457 e. The van der Waals surface area contributed by atoms with E-state index in [0.717, 1.165) is 18.4 Å². The number of aliphatic hydroxyl groups is 1. The summed E-state index contributed by atoms with van der Waals surface area (Å²) in [7, 11) is 0. The molecular weight excluding hydrogens is 622 g/mol. The number of unbranched alkanes of at least 4 members (excludes halogenated alkanes) is 1. The van der Waals surface area contributed by atoms with Gasteiger partial charge in [0.2, 0.25) is 11.8 Å². The van der Waals surface area contributed by atoms with Crippen LogP contribution in [-0.4, -0.2) is 53.5 Å². The van der Waals surface area contributed by atoms with E-state index in [4.69, 9.17) is 9.47 Å². The highest BCUT2D eigenvalue weighted by Gasteiger charge is 2.31. The second kappa shape index (κ2) is 20.0. The molecule has 4 atom stereocenters. The number of benzene rings is 3. The van der Waals surface area contributed by atoms with Gasteiger partial charge < -0.3 is 30.5 Å². The van der Waals surface area contributed by atoms with E-state index in [1.165, 1.54) is 0 Å². The number of amides is 3. The van der Waals surface area contributed by atoms with Crippen molar-refractivity contribution in [3.63, 3.8) is 0 Å². The van der Waals surface area contributed by atoms with Crippen molar-refractivity contribution in [1.29, 1.82) is 0 Å². The molecule has 0 saturated carbocycles. The number of aliphatic hydroxyl groups excluding tert-OH is 1. The van der Waals surface area contributed by atoms with Gasteiger partial charge in [0.15, 0.2) is 0 Å². The van der Waals surface area contributed by atoms with Gasteiger partial charge in [-0.15, -0.1) is 0 Å². The van der Waals surface area contributed by atoms with Crippen molar-refractivity contribution >= 4 is 23.7 Å². The molecule has 10 heteroatoms. The summed E-state index contributed by atoms with van der Waals surface area (Å²) in [5.74, 6) is -0.600. The molecule has 0 heterocycles. The third kappa shape index (κ3) is 13.0. The second-order valence-electron chi connectivity index (χ2n) is 12.8. The lowest BCUT2D eigenvalue weighted by Gasteiger charge is -2.30. The molecule has 264 valence electrons. The summed E-state index contributed by atoms with van der Waals surface area (Å²) in [6, 6.07) is 21.0. The Bertz CT molecular complexity index is 1480. The fourth-order valence-electron chi connectivity index (χ4n) is 5.10. The van der Waals surface area contributed by atoms with Crippen molar-refractivity contribution in [2.75, 3.05) is 6.54 Å². The van der Waals surface area contributed by atoms with Crippen LogP contribution in [0.2, 0.25) is 0 Å². The average Bonchev–Trinajstić information content (AvgIpc) is 3.09. The van der Waals surface area contributed by atoms with Gasteiger partial charge in [-0.3, -0.25) is 14.4 Å². The molecule has 3 amide bonds. The van der Waals surface area contributed by atoms with E-state index in [1.54, 1.807) is 48.5 Å². The molecule has 3 aromatic carbocycles. The number of carbonyl (C=O) groups is 4. The fourth-order valence-corrected chi connectivity index (χ4v) is 5.10. The molecule has 10 nitrogen and oxygen atoms in total. The molecule has 0 spiro atoms. The van der Waals surface area contributed by atoms with Gasteiger partial charge in [0.25, 0.3) is 5.91 Å². The van der Waals surface area contributed by atoms with Crippen LogP contribution in [0.15, 0.2) is 78.9 Å². The summed E-state index contributed by atoms with van der Waals surface area (Å²) in [4.78, 5) is 51.6. The molecule has 0 fully saturated rings. The van der Waals surface area contributed by atoms with Crippen molar-refractivity contribution in [2.24, 2.45) is 11.8 Å². The van der Waals surface area contributed by atoms with Crippen LogP contribution in [0.25, 0.3) is 0 Å². The lowest BCUT2D eigenvalue weighted by atomic mass is 9.94. The molecule has 0 radical (unpaired) electrons.